The zero-order chi connectivity index (χ0) is 13.0. The standard InChI is InChI=1S/C14H17N3O/c1-3-7-14-13(10-18)15-16-17(14)11(2)12-8-5-4-6-9-12/h4-6,8-11H,3,7H2,1-2H3. The first-order chi connectivity index (χ1) is 8.77. The van der Waals surface area contributed by atoms with E-state index in [1.807, 2.05) is 22.9 Å². The molecule has 0 radical (unpaired) electrons. The molecule has 0 saturated carbocycles. The van der Waals surface area contributed by atoms with Gasteiger partial charge >= 0.3 is 0 Å². The molecule has 0 aliphatic carbocycles. The van der Waals surface area contributed by atoms with E-state index in [2.05, 4.69) is 36.3 Å². The Bertz CT molecular complexity index is 519. The van der Waals surface area contributed by atoms with E-state index in [-0.39, 0.29) is 6.04 Å². The third-order valence-electron chi connectivity index (χ3n) is 3.07. The maximum Gasteiger partial charge on any atom is 0.172 e. The Balaban J connectivity index is 2.38. The Morgan fingerprint density at radius 2 is 2.06 bits per heavy atom. The van der Waals surface area contributed by atoms with Crippen molar-refractivity contribution in [3.8, 4) is 0 Å². The molecule has 4 heteroatoms. The van der Waals surface area contributed by atoms with Crippen LogP contribution in [0.15, 0.2) is 30.3 Å². The van der Waals surface area contributed by atoms with Gasteiger partial charge in [-0.2, -0.15) is 0 Å². The summed E-state index contributed by atoms with van der Waals surface area (Å²) >= 11 is 0. The highest BCUT2D eigenvalue weighted by atomic mass is 16.1. The van der Waals surface area contributed by atoms with Crippen LogP contribution in [0.2, 0.25) is 0 Å². The first-order valence-corrected chi connectivity index (χ1v) is 6.22. The summed E-state index contributed by atoms with van der Waals surface area (Å²) in [7, 11) is 0. The Labute approximate surface area is 107 Å². The minimum absolute atomic E-state index is 0.0916. The second kappa shape index (κ2) is 5.58. The van der Waals surface area contributed by atoms with Gasteiger partial charge < -0.3 is 0 Å². The first kappa shape index (κ1) is 12.5. The fourth-order valence-corrected chi connectivity index (χ4v) is 2.08. The normalized spacial score (nSPS) is 12.3. The fourth-order valence-electron chi connectivity index (χ4n) is 2.08. The summed E-state index contributed by atoms with van der Waals surface area (Å²) in [6.45, 7) is 4.15. The van der Waals surface area contributed by atoms with Crippen molar-refractivity contribution >= 4 is 6.29 Å². The predicted octanol–water partition coefficient (Wildman–Crippen LogP) is 2.65. The molecule has 2 aromatic rings. The van der Waals surface area contributed by atoms with Gasteiger partial charge in [-0.05, 0) is 18.9 Å². The lowest BCUT2D eigenvalue weighted by atomic mass is 10.1. The van der Waals surface area contributed by atoms with Crippen molar-refractivity contribution < 1.29 is 4.79 Å². The average molecular weight is 243 g/mol. The summed E-state index contributed by atoms with van der Waals surface area (Å²) in [6.07, 6.45) is 2.57. The molecular weight excluding hydrogens is 226 g/mol. The first-order valence-electron chi connectivity index (χ1n) is 6.22. The second-order valence-corrected chi connectivity index (χ2v) is 4.32. The smallest absolute Gasteiger partial charge is 0.172 e. The minimum atomic E-state index is 0.0916. The lowest BCUT2D eigenvalue weighted by molar-refractivity contribution is 0.111. The van der Waals surface area contributed by atoms with Crippen LogP contribution in [0.3, 0.4) is 0 Å². The average Bonchev–Trinajstić information content (AvgIpc) is 2.82. The minimum Gasteiger partial charge on any atom is -0.296 e. The third kappa shape index (κ3) is 2.32. The Hall–Kier alpha value is -1.97. The van der Waals surface area contributed by atoms with Crippen LogP contribution in [0, 0.1) is 0 Å². The van der Waals surface area contributed by atoms with Gasteiger partial charge in [-0.1, -0.05) is 48.9 Å². The SMILES string of the molecule is CCCc1c(C=O)nnn1C(C)c1ccccc1. The van der Waals surface area contributed by atoms with E-state index in [9.17, 15) is 4.79 Å². The molecule has 0 aliphatic rings. The molecule has 4 nitrogen and oxygen atoms in total. The Kier molecular flexibility index (Phi) is 3.87. The number of hydrogen-bond donors (Lipinski definition) is 0. The van der Waals surface area contributed by atoms with Gasteiger partial charge in [0, 0.05) is 0 Å². The molecule has 0 amide bonds. The molecule has 18 heavy (non-hydrogen) atoms. The summed E-state index contributed by atoms with van der Waals surface area (Å²) in [5.74, 6) is 0. The molecule has 0 bridgehead atoms. The van der Waals surface area contributed by atoms with Crippen molar-refractivity contribution in [3.05, 3.63) is 47.3 Å². The molecule has 1 aromatic carbocycles. The summed E-state index contributed by atoms with van der Waals surface area (Å²) in [5, 5.41) is 8.06. The highest BCUT2D eigenvalue weighted by Gasteiger charge is 2.17. The molecule has 0 fully saturated rings. The van der Waals surface area contributed by atoms with Crippen LogP contribution in [-0.2, 0) is 6.42 Å². The number of carbonyl (C=O) groups is 1. The summed E-state index contributed by atoms with van der Waals surface area (Å²) < 4.78 is 1.85. The van der Waals surface area contributed by atoms with Gasteiger partial charge in [-0.3, -0.25) is 4.79 Å². The van der Waals surface area contributed by atoms with E-state index in [4.69, 9.17) is 0 Å². The van der Waals surface area contributed by atoms with Crippen LogP contribution in [-0.4, -0.2) is 21.3 Å². The third-order valence-corrected chi connectivity index (χ3v) is 3.07. The number of nitrogens with zero attached hydrogens (tertiary/aromatic N) is 3. The predicted molar refractivity (Wildman–Crippen MR) is 69.7 cm³/mol. The lowest BCUT2D eigenvalue weighted by Crippen LogP contribution is -2.12. The fraction of sp³-hybridized carbons (Fsp3) is 0.357. The number of carbonyl (C=O) groups excluding carboxylic acids is 1. The van der Waals surface area contributed by atoms with Crippen LogP contribution >= 0.6 is 0 Å². The molecule has 1 heterocycles. The number of aromatic nitrogens is 3. The van der Waals surface area contributed by atoms with Crippen LogP contribution in [0.4, 0.5) is 0 Å². The topological polar surface area (TPSA) is 47.8 Å². The second-order valence-electron chi connectivity index (χ2n) is 4.32. The zero-order valence-electron chi connectivity index (χ0n) is 10.7. The van der Waals surface area contributed by atoms with Gasteiger partial charge in [0.2, 0.25) is 0 Å². The van der Waals surface area contributed by atoms with Gasteiger partial charge in [-0.15, -0.1) is 5.10 Å². The van der Waals surface area contributed by atoms with E-state index in [0.717, 1.165) is 30.4 Å². The van der Waals surface area contributed by atoms with Crippen LogP contribution in [0.25, 0.3) is 0 Å². The van der Waals surface area contributed by atoms with Crippen molar-refractivity contribution in [1.82, 2.24) is 15.0 Å². The van der Waals surface area contributed by atoms with Gasteiger partial charge in [0.1, 0.15) is 5.69 Å². The van der Waals surface area contributed by atoms with Crippen molar-refractivity contribution in [2.45, 2.75) is 32.7 Å². The van der Waals surface area contributed by atoms with Crippen LogP contribution in [0.1, 0.15) is 48.1 Å². The van der Waals surface area contributed by atoms with E-state index in [0.29, 0.717) is 5.69 Å². The maximum absolute atomic E-state index is 11.0. The summed E-state index contributed by atoms with van der Waals surface area (Å²) in [4.78, 5) is 11.0. The zero-order valence-corrected chi connectivity index (χ0v) is 10.7. The van der Waals surface area contributed by atoms with Gasteiger partial charge in [0.25, 0.3) is 0 Å². The van der Waals surface area contributed by atoms with Crippen LogP contribution < -0.4 is 0 Å². The summed E-state index contributed by atoms with van der Waals surface area (Å²) in [5.41, 5.74) is 2.54. The number of aldehydes is 1. The lowest BCUT2D eigenvalue weighted by Gasteiger charge is -2.14. The monoisotopic (exact) mass is 243 g/mol. The number of benzene rings is 1. The Morgan fingerprint density at radius 1 is 1.33 bits per heavy atom. The molecule has 2 rings (SSSR count). The van der Waals surface area contributed by atoms with Crippen molar-refractivity contribution in [2.75, 3.05) is 0 Å². The molecule has 0 saturated heterocycles. The molecule has 1 atom stereocenters. The Morgan fingerprint density at radius 3 is 2.67 bits per heavy atom. The number of rotatable bonds is 5. The molecule has 0 aliphatic heterocycles. The highest BCUT2D eigenvalue weighted by Crippen LogP contribution is 2.20. The molecule has 0 N–H and O–H groups in total. The molecule has 1 aromatic heterocycles. The molecule has 94 valence electrons. The maximum atomic E-state index is 11.0. The van der Waals surface area contributed by atoms with E-state index < -0.39 is 0 Å². The van der Waals surface area contributed by atoms with E-state index in [1.54, 1.807) is 0 Å². The van der Waals surface area contributed by atoms with Crippen molar-refractivity contribution in [3.63, 3.8) is 0 Å². The van der Waals surface area contributed by atoms with E-state index in [1.165, 1.54) is 0 Å². The van der Waals surface area contributed by atoms with Crippen molar-refractivity contribution in [1.29, 1.82) is 0 Å². The van der Waals surface area contributed by atoms with Crippen molar-refractivity contribution in [2.24, 2.45) is 0 Å². The molecule has 0 spiro atoms. The van der Waals surface area contributed by atoms with Gasteiger partial charge in [0.15, 0.2) is 6.29 Å². The molecular formula is C14H17N3O. The van der Waals surface area contributed by atoms with Gasteiger partial charge in [0.05, 0.1) is 11.7 Å². The van der Waals surface area contributed by atoms with Crippen LogP contribution in [0.5, 0.6) is 0 Å². The highest BCUT2D eigenvalue weighted by molar-refractivity contribution is 5.73. The number of hydrogen-bond acceptors (Lipinski definition) is 3. The summed E-state index contributed by atoms with van der Waals surface area (Å²) in [6, 6.07) is 10.2. The molecule has 1 unspecified atom stereocenters. The quantitative estimate of drug-likeness (QED) is 0.758. The van der Waals surface area contributed by atoms with Gasteiger partial charge in [-0.25, -0.2) is 4.68 Å². The largest absolute Gasteiger partial charge is 0.296 e. The van der Waals surface area contributed by atoms with E-state index >= 15 is 0 Å².